The average molecular weight is 229 g/mol. The van der Waals surface area contributed by atoms with E-state index in [2.05, 4.69) is 9.97 Å². The highest BCUT2D eigenvalue weighted by molar-refractivity contribution is 5.54. The molecule has 2 aromatic rings. The fourth-order valence-electron chi connectivity index (χ4n) is 1.46. The lowest BCUT2D eigenvalue weighted by Gasteiger charge is -2.11. The minimum atomic E-state index is 0.527. The van der Waals surface area contributed by atoms with Crippen LogP contribution in [-0.2, 0) is 0 Å². The van der Waals surface area contributed by atoms with E-state index in [4.69, 9.17) is 10.5 Å². The predicted octanol–water partition coefficient (Wildman–Crippen LogP) is 2.78. The Morgan fingerprint density at radius 2 is 1.94 bits per heavy atom. The largest absolute Gasteiger partial charge is 0.437 e. The fourth-order valence-corrected chi connectivity index (χ4v) is 1.46. The van der Waals surface area contributed by atoms with Crippen molar-refractivity contribution in [2.24, 2.45) is 0 Å². The highest BCUT2D eigenvalue weighted by Crippen LogP contribution is 2.28. The number of rotatable bonds is 2. The van der Waals surface area contributed by atoms with Crippen molar-refractivity contribution in [1.29, 1.82) is 0 Å². The van der Waals surface area contributed by atoms with Crippen molar-refractivity contribution in [1.82, 2.24) is 9.97 Å². The predicted molar refractivity (Wildman–Crippen MR) is 67.2 cm³/mol. The first-order valence-corrected chi connectivity index (χ1v) is 5.41. The van der Waals surface area contributed by atoms with Crippen molar-refractivity contribution < 1.29 is 4.74 Å². The molecule has 0 bridgehead atoms. The third-order valence-corrected chi connectivity index (χ3v) is 2.57. The molecule has 2 rings (SSSR count). The number of aryl methyl sites for hydroxylation is 2. The van der Waals surface area contributed by atoms with Crippen molar-refractivity contribution in [2.45, 2.75) is 20.8 Å². The van der Waals surface area contributed by atoms with Gasteiger partial charge >= 0.3 is 0 Å². The number of nitrogens with two attached hydrogens (primary N) is 1. The molecule has 4 heteroatoms. The van der Waals surface area contributed by atoms with Crippen LogP contribution in [0.15, 0.2) is 24.4 Å². The summed E-state index contributed by atoms with van der Waals surface area (Å²) < 4.78 is 5.75. The highest BCUT2D eigenvalue weighted by atomic mass is 16.5. The molecule has 0 aliphatic rings. The van der Waals surface area contributed by atoms with Crippen LogP contribution in [0.5, 0.6) is 11.6 Å². The lowest BCUT2D eigenvalue weighted by atomic mass is 10.2. The van der Waals surface area contributed by atoms with Crippen LogP contribution in [0.1, 0.15) is 17.0 Å². The van der Waals surface area contributed by atoms with Crippen LogP contribution in [-0.4, -0.2) is 9.97 Å². The van der Waals surface area contributed by atoms with Crippen LogP contribution in [0.2, 0.25) is 0 Å². The molecule has 1 aromatic heterocycles. The second-order valence-electron chi connectivity index (χ2n) is 3.97. The Hall–Kier alpha value is -2.10. The molecule has 0 spiro atoms. The van der Waals surface area contributed by atoms with Gasteiger partial charge in [-0.15, -0.1) is 0 Å². The van der Waals surface area contributed by atoms with Crippen LogP contribution in [0.25, 0.3) is 0 Å². The van der Waals surface area contributed by atoms with Crippen LogP contribution < -0.4 is 10.5 Å². The third-order valence-electron chi connectivity index (χ3n) is 2.57. The zero-order valence-electron chi connectivity index (χ0n) is 10.2. The van der Waals surface area contributed by atoms with E-state index in [0.717, 1.165) is 17.0 Å². The van der Waals surface area contributed by atoms with Gasteiger partial charge in [-0.1, -0.05) is 6.07 Å². The Kier molecular flexibility index (Phi) is 2.95. The summed E-state index contributed by atoms with van der Waals surface area (Å²) in [4.78, 5) is 8.52. The molecule has 0 unspecified atom stereocenters. The summed E-state index contributed by atoms with van der Waals surface area (Å²) in [5.74, 6) is 1.24. The summed E-state index contributed by atoms with van der Waals surface area (Å²) in [7, 11) is 0. The molecule has 4 nitrogen and oxygen atoms in total. The molecule has 0 aliphatic carbocycles. The number of hydrogen-bond acceptors (Lipinski definition) is 4. The van der Waals surface area contributed by atoms with Gasteiger partial charge in [0.25, 0.3) is 0 Å². The standard InChI is InChI=1S/C13H15N3O/c1-8-7-15-10(3)13(16-8)17-12-6-4-5-11(14)9(12)2/h4-7H,14H2,1-3H3. The van der Waals surface area contributed by atoms with E-state index < -0.39 is 0 Å². The van der Waals surface area contributed by atoms with Gasteiger partial charge in [-0.25, -0.2) is 4.98 Å². The van der Waals surface area contributed by atoms with E-state index in [1.54, 1.807) is 6.20 Å². The summed E-state index contributed by atoms with van der Waals surface area (Å²) >= 11 is 0. The number of nitrogen functional groups attached to an aromatic ring is 1. The number of benzene rings is 1. The number of ether oxygens (including phenoxy) is 1. The molecule has 0 amide bonds. The second-order valence-corrected chi connectivity index (χ2v) is 3.97. The minimum Gasteiger partial charge on any atom is -0.437 e. The molecular weight excluding hydrogens is 214 g/mol. The Morgan fingerprint density at radius 1 is 1.18 bits per heavy atom. The second kappa shape index (κ2) is 4.41. The summed E-state index contributed by atoms with van der Waals surface area (Å²) in [5.41, 5.74) is 9.04. The van der Waals surface area contributed by atoms with Crippen molar-refractivity contribution in [2.75, 3.05) is 5.73 Å². The minimum absolute atomic E-state index is 0.527. The van der Waals surface area contributed by atoms with Gasteiger partial charge in [-0.3, -0.25) is 4.98 Å². The van der Waals surface area contributed by atoms with Crippen molar-refractivity contribution >= 4 is 5.69 Å². The van der Waals surface area contributed by atoms with Gasteiger partial charge in [0.2, 0.25) is 5.88 Å². The molecule has 0 fully saturated rings. The van der Waals surface area contributed by atoms with Gasteiger partial charge in [0.1, 0.15) is 5.75 Å². The maximum Gasteiger partial charge on any atom is 0.241 e. The Balaban J connectivity index is 2.38. The van der Waals surface area contributed by atoms with Gasteiger partial charge in [-0.05, 0) is 32.9 Å². The molecule has 0 saturated carbocycles. The van der Waals surface area contributed by atoms with Crippen LogP contribution >= 0.6 is 0 Å². The van der Waals surface area contributed by atoms with E-state index in [9.17, 15) is 0 Å². The lowest BCUT2D eigenvalue weighted by molar-refractivity contribution is 0.451. The molecule has 0 saturated heterocycles. The van der Waals surface area contributed by atoms with E-state index in [1.807, 2.05) is 39.0 Å². The first kappa shape index (κ1) is 11.4. The normalized spacial score (nSPS) is 10.3. The first-order valence-electron chi connectivity index (χ1n) is 5.41. The zero-order chi connectivity index (χ0) is 12.4. The maximum absolute atomic E-state index is 5.83. The zero-order valence-corrected chi connectivity index (χ0v) is 10.2. The molecule has 0 radical (unpaired) electrons. The fraction of sp³-hybridized carbons (Fsp3) is 0.231. The highest BCUT2D eigenvalue weighted by Gasteiger charge is 2.08. The number of anilines is 1. The number of nitrogens with zero attached hydrogens (tertiary/aromatic N) is 2. The molecule has 1 heterocycles. The van der Waals surface area contributed by atoms with E-state index in [0.29, 0.717) is 17.3 Å². The van der Waals surface area contributed by atoms with Crippen LogP contribution in [0.3, 0.4) is 0 Å². The van der Waals surface area contributed by atoms with Crippen molar-refractivity contribution in [3.05, 3.63) is 41.3 Å². The molecular formula is C13H15N3O. The van der Waals surface area contributed by atoms with Gasteiger partial charge in [0.15, 0.2) is 0 Å². The molecule has 0 atom stereocenters. The van der Waals surface area contributed by atoms with Gasteiger partial charge in [-0.2, -0.15) is 0 Å². The Labute approximate surface area is 100 Å². The van der Waals surface area contributed by atoms with Crippen LogP contribution in [0, 0.1) is 20.8 Å². The molecule has 2 N–H and O–H groups in total. The SMILES string of the molecule is Cc1cnc(C)c(Oc2cccc(N)c2C)n1. The molecule has 1 aromatic carbocycles. The van der Waals surface area contributed by atoms with Crippen LogP contribution in [0.4, 0.5) is 5.69 Å². The Morgan fingerprint density at radius 3 is 2.71 bits per heavy atom. The van der Waals surface area contributed by atoms with Gasteiger partial charge < -0.3 is 10.5 Å². The van der Waals surface area contributed by atoms with Crippen molar-refractivity contribution in [3.63, 3.8) is 0 Å². The van der Waals surface area contributed by atoms with E-state index >= 15 is 0 Å². The first-order chi connectivity index (χ1) is 8.08. The quantitative estimate of drug-likeness (QED) is 0.804. The third kappa shape index (κ3) is 2.36. The molecule has 0 aliphatic heterocycles. The maximum atomic E-state index is 5.83. The molecule has 88 valence electrons. The summed E-state index contributed by atoms with van der Waals surface area (Å²) in [5, 5.41) is 0. The number of aromatic nitrogens is 2. The molecule has 17 heavy (non-hydrogen) atoms. The van der Waals surface area contributed by atoms with E-state index in [1.165, 1.54) is 0 Å². The van der Waals surface area contributed by atoms with Gasteiger partial charge in [0.05, 0.1) is 11.4 Å². The monoisotopic (exact) mass is 229 g/mol. The topological polar surface area (TPSA) is 61.0 Å². The lowest BCUT2D eigenvalue weighted by Crippen LogP contribution is -1.98. The Bertz CT molecular complexity index is 552. The number of hydrogen-bond donors (Lipinski definition) is 1. The van der Waals surface area contributed by atoms with Gasteiger partial charge in [0, 0.05) is 17.4 Å². The van der Waals surface area contributed by atoms with Crippen molar-refractivity contribution in [3.8, 4) is 11.6 Å². The average Bonchev–Trinajstić information content (AvgIpc) is 2.30. The van der Waals surface area contributed by atoms with E-state index in [-0.39, 0.29) is 0 Å². The summed E-state index contributed by atoms with van der Waals surface area (Å²) in [6, 6.07) is 5.57. The summed E-state index contributed by atoms with van der Waals surface area (Å²) in [6.45, 7) is 5.66. The summed E-state index contributed by atoms with van der Waals surface area (Å²) in [6.07, 6.45) is 1.72. The smallest absolute Gasteiger partial charge is 0.241 e.